The first-order valence-electron chi connectivity index (χ1n) is 10.7. The highest BCUT2D eigenvalue weighted by Gasteiger charge is 2.19. The van der Waals surface area contributed by atoms with Crippen LogP contribution in [0.5, 0.6) is 11.5 Å². The van der Waals surface area contributed by atoms with Gasteiger partial charge in [-0.05, 0) is 48.7 Å². The molecule has 0 unspecified atom stereocenters. The van der Waals surface area contributed by atoms with Crippen molar-refractivity contribution in [2.45, 2.75) is 45.9 Å². The minimum absolute atomic E-state index is 0.0622. The molecule has 2 aromatic carbocycles. The zero-order valence-electron chi connectivity index (χ0n) is 18.4. The molecule has 9 heteroatoms. The van der Waals surface area contributed by atoms with Gasteiger partial charge in [-0.1, -0.05) is 42.3 Å². The van der Waals surface area contributed by atoms with Gasteiger partial charge in [0.2, 0.25) is 12.7 Å². The second-order valence-corrected chi connectivity index (χ2v) is 8.82. The molecule has 1 aliphatic heterocycles. The number of fused-ring (bicyclic) bond motifs is 1. The number of oxazole rings is 1. The lowest BCUT2D eigenvalue weighted by molar-refractivity contribution is 0.0934. The van der Waals surface area contributed by atoms with Crippen LogP contribution in [-0.4, -0.2) is 28.6 Å². The Balaban J connectivity index is 1.53. The number of ether oxygens (including phenoxy) is 2. The number of halogens is 2. The van der Waals surface area contributed by atoms with E-state index in [0.29, 0.717) is 35.6 Å². The van der Waals surface area contributed by atoms with Gasteiger partial charge in [0, 0.05) is 29.2 Å². The number of hydrogen-bond acceptors (Lipinski definition) is 6. The van der Waals surface area contributed by atoms with E-state index < -0.39 is 0 Å². The molecule has 33 heavy (non-hydrogen) atoms. The van der Waals surface area contributed by atoms with Crippen molar-refractivity contribution < 1.29 is 18.7 Å². The summed E-state index contributed by atoms with van der Waals surface area (Å²) in [6, 6.07) is 11.3. The van der Waals surface area contributed by atoms with E-state index >= 15 is 0 Å². The standard InChI is InChI=1S/C24H25Cl2N3O4/c1-3-15(2)27-24(30)20-13-31-23(28-20)12-29(11-17-5-6-18(25)9-19(17)26)10-16-4-7-21-22(8-16)33-14-32-21/h4-9,13,15H,3,10-12,14H2,1-2H3,(H,27,30)/t15-/m1/s1. The van der Waals surface area contributed by atoms with Crippen LogP contribution < -0.4 is 14.8 Å². The number of carbonyl (C=O) groups excluding carboxylic acids is 1. The Kier molecular flexibility index (Phi) is 7.42. The van der Waals surface area contributed by atoms with Crippen LogP contribution in [0.3, 0.4) is 0 Å². The van der Waals surface area contributed by atoms with Gasteiger partial charge in [-0.25, -0.2) is 4.98 Å². The highest BCUT2D eigenvalue weighted by Crippen LogP contribution is 2.33. The minimum atomic E-state index is -0.248. The fourth-order valence-electron chi connectivity index (χ4n) is 3.43. The van der Waals surface area contributed by atoms with Crippen LogP contribution in [0.1, 0.15) is 47.8 Å². The van der Waals surface area contributed by atoms with E-state index in [1.165, 1.54) is 6.26 Å². The first kappa shape index (κ1) is 23.4. The molecule has 1 atom stereocenters. The van der Waals surface area contributed by atoms with Gasteiger partial charge < -0.3 is 19.2 Å². The lowest BCUT2D eigenvalue weighted by Crippen LogP contribution is -2.32. The van der Waals surface area contributed by atoms with Crippen LogP contribution >= 0.6 is 23.2 Å². The molecule has 1 amide bonds. The number of benzene rings is 2. The molecule has 174 valence electrons. The molecule has 1 N–H and O–H groups in total. The Labute approximate surface area is 202 Å². The van der Waals surface area contributed by atoms with Crippen molar-refractivity contribution in [3.05, 3.63) is 75.4 Å². The van der Waals surface area contributed by atoms with Crippen molar-refractivity contribution in [1.29, 1.82) is 0 Å². The van der Waals surface area contributed by atoms with Crippen molar-refractivity contribution in [1.82, 2.24) is 15.2 Å². The summed E-state index contributed by atoms with van der Waals surface area (Å²) in [6.45, 7) is 5.66. The smallest absolute Gasteiger partial charge is 0.273 e. The molecule has 0 fully saturated rings. The van der Waals surface area contributed by atoms with Gasteiger partial charge in [-0.2, -0.15) is 0 Å². The third kappa shape index (κ3) is 5.99. The summed E-state index contributed by atoms with van der Waals surface area (Å²) < 4.78 is 16.5. The first-order valence-corrected chi connectivity index (χ1v) is 11.5. The molecule has 4 rings (SSSR count). The van der Waals surface area contributed by atoms with Gasteiger partial charge in [0.1, 0.15) is 6.26 Å². The molecule has 0 spiro atoms. The molecular formula is C24H25Cl2N3O4. The topological polar surface area (TPSA) is 76.8 Å². The molecule has 7 nitrogen and oxygen atoms in total. The van der Waals surface area contributed by atoms with E-state index in [2.05, 4.69) is 15.2 Å². The van der Waals surface area contributed by atoms with E-state index in [0.717, 1.165) is 29.0 Å². The van der Waals surface area contributed by atoms with E-state index in [4.69, 9.17) is 37.1 Å². The summed E-state index contributed by atoms with van der Waals surface area (Å²) in [5.74, 6) is 1.64. The van der Waals surface area contributed by atoms with Crippen LogP contribution in [0, 0.1) is 0 Å². The van der Waals surface area contributed by atoms with Gasteiger partial charge in [0.25, 0.3) is 5.91 Å². The second-order valence-electron chi connectivity index (χ2n) is 7.98. The largest absolute Gasteiger partial charge is 0.454 e. The summed E-state index contributed by atoms with van der Waals surface area (Å²) in [5.41, 5.74) is 2.21. The molecule has 1 aromatic heterocycles. The molecule has 0 saturated heterocycles. The monoisotopic (exact) mass is 489 g/mol. The van der Waals surface area contributed by atoms with E-state index in [1.807, 2.05) is 44.2 Å². The van der Waals surface area contributed by atoms with E-state index in [1.54, 1.807) is 6.07 Å². The fraction of sp³-hybridized carbons (Fsp3) is 0.333. The van der Waals surface area contributed by atoms with Crippen molar-refractivity contribution in [2.24, 2.45) is 0 Å². The zero-order chi connectivity index (χ0) is 23.4. The summed E-state index contributed by atoms with van der Waals surface area (Å²) >= 11 is 12.5. The summed E-state index contributed by atoms with van der Waals surface area (Å²) in [7, 11) is 0. The summed E-state index contributed by atoms with van der Waals surface area (Å²) in [4.78, 5) is 18.9. The molecule has 0 radical (unpaired) electrons. The number of rotatable bonds is 9. The van der Waals surface area contributed by atoms with Crippen LogP contribution in [0.2, 0.25) is 10.0 Å². The van der Waals surface area contributed by atoms with Crippen molar-refractivity contribution >= 4 is 29.1 Å². The Morgan fingerprint density at radius 3 is 2.73 bits per heavy atom. The van der Waals surface area contributed by atoms with Gasteiger partial charge in [0.05, 0.1) is 6.54 Å². The molecule has 3 aromatic rings. The Hall–Kier alpha value is -2.74. The van der Waals surface area contributed by atoms with E-state index in [9.17, 15) is 4.79 Å². The van der Waals surface area contributed by atoms with Gasteiger partial charge in [0.15, 0.2) is 17.2 Å². The SMILES string of the molecule is CC[C@@H](C)NC(=O)c1coc(CN(Cc2ccc3c(c2)OCO3)Cc2ccc(Cl)cc2Cl)n1. The van der Waals surface area contributed by atoms with Crippen molar-refractivity contribution in [2.75, 3.05) is 6.79 Å². The molecule has 2 heterocycles. The average molecular weight is 490 g/mol. The number of hydrogen-bond donors (Lipinski definition) is 1. The maximum atomic E-state index is 12.4. The Morgan fingerprint density at radius 1 is 1.12 bits per heavy atom. The number of aromatic nitrogens is 1. The van der Waals surface area contributed by atoms with Crippen LogP contribution in [0.4, 0.5) is 0 Å². The lowest BCUT2D eigenvalue weighted by Gasteiger charge is -2.22. The number of nitrogens with one attached hydrogen (secondary N) is 1. The highest BCUT2D eigenvalue weighted by atomic mass is 35.5. The maximum absolute atomic E-state index is 12.4. The molecule has 1 aliphatic rings. The van der Waals surface area contributed by atoms with Gasteiger partial charge in [-0.3, -0.25) is 9.69 Å². The van der Waals surface area contributed by atoms with Crippen LogP contribution in [-0.2, 0) is 19.6 Å². The van der Waals surface area contributed by atoms with Crippen molar-refractivity contribution in [3.8, 4) is 11.5 Å². The molecule has 0 saturated carbocycles. The third-order valence-corrected chi connectivity index (χ3v) is 5.97. The second kappa shape index (κ2) is 10.5. The quantitative estimate of drug-likeness (QED) is 0.431. The Bertz CT molecular complexity index is 1130. The third-order valence-electron chi connectivity index (χ3n) is 5.39. The van der Waals surface area contributed by atoms with E-state index in [-0.39, 0.29) is 24.4 Å². The molecule has 0 bridgehead atoms. The summed E-state index contributed by atoms with van der Waals surface area (Å²) in [6.07, 6.45) is 2.22. The van der Waals surface area contributed by atoms with Crippen LogP contribution in [0.15, 0.2) is 47.1 Å². The Morgan fingerprint density at radius 2 is 1.94 bits per heavy atom. The normalized spacial score (nSPS) is 13.4. The number of amides is 1. The van der Waals surface area contributed by atoms with Crippen molar-refractivity contribution in [3.63, 3.8) is 0 Å². The minimum Gasteiger partial charge on any atom is -0.454 e. The summed E-state index contributed by atoms with van der Waals surface area (Å²) in [5, 5.41) is 4.06. The van der Waals surface area contributed by atoms with Gasteiger partial charge >= 0.3 is 0 Å². The lowest BCUT2D eigenvalue weighted by atomic mass is 10.1. The average Bonchev–Trinajstić information content (AvgIpc) is 3.44. The molecular weight excluding hydrogens is 465 g/mol. The van der Waals surface area contributed by atoms with Crippen LogP contribution in [0.25, 0.3) is 0 Å². The zero-order valence-corrected chi connectivity index (χ0v) is 19.9. The number of nitrogens with zero attached hydrogens (tertiary/aromatic N) is 2. The predicted octanol–water partition coefficient (Wildman–Crippen LogP) is 5.44. The molecule has 0 aliphatic carbocycles. The highest BCUT2D eigenvalue weighted by molar-refractivity contribution is 6.35. The van der Waals surface area contributed by atoms with Gasteiger partial charge in [-0.15, -0.1) is 0 Å². The fourth-order valence-corrected chi connectivity index (χ4v) is 3.90. The maximum Gasteiger partial charge on any atom is 0.273 e. The first-order chi connectivity index (χ1) is 15.9. The number of carbonyl (C=O) groups is 1. The predicted molar refractivity (Wildman–Crippen MR) is 126 cm³/mol.